The first-order chi connectivity index (χ1) is 10.8. The van der Waals surface area contributed by atoms with Crippen LogP contribution < -0.4 is 10.5 Å². The van der Waals surface area contributed by atoms with Crippen molar-refractivity contribution in [2.24, 2.45) is 5.73 Å². The molecular weight excluding hydrogens is 358 g/mol. The van der Waals surface area contributed by atoms with Crippen LogP contribution in [0, 0.1) is 6.92 Å². The fraction of sp³-hybridized carbons (Fsp3) is 0.286. The summed E-state index contributed by atoms with van der Waals surface area (Å²) < 4.78 is 27.3. The maximum atomic E-state index is 12.5. The summed E-state index contributed by atoms with van der Waals surface area (Å²) >= 11 is 7.07. The summed E-state index contributed by atoms with van der Waals surface area (Å²) in [6, 6.07) is 4.66. The summed E-state index contributed by atoms with van der Waals surface area (Å²) in [5.74, 6) is -1.02. The molecule has 0 aliphatic heterocycles. The first-order valence-corrected chi connectivity index (χ1v) is 9.53. The highest BCUT2D eigenvalue weighted by atomic mass is 35.5. The number of thiazole rings is 1. The van der Waals surface area contributed by atoms with Crippen LogP contribution in [0.15, 0.2) is 28.5 Å². The molecular formula is C14H16ClN3O3S2. The number of hydrogen-bond acceptors (Lipinski definition) is 5. The summed E-state index contributed by atoms with van der Waals surface area (Å²) in [7, 11) is -3.81. The molecule has 1 aromatic carbocycles. The number of nitrogens with zero attached hydrogens (tertiary/aromatic N) is 1. The predicted molar refractivity (Wildman–Crippen MR) is 91.3 cm³/mol. The van der Waals surface area contributed by atoms with Crippen molar-refractivity contribution in [1.82, 2.24) is 4.98 Å². The third-order valence-corrected chi connectivity index (χ3v) is 6.16. The number of nitrogens with two attached hydrogens (primary N) is 1. The number of rotatable bonds is 6. The van der Waals surface area contributed by atoms with Crippen LogP contribution >= 0.6 is 22.9 Å². The Hall–Kier alpha value is -1.64. The highest BCUT2D eigenvalue weighted by Crippen LogP contribution is 2.28. The Kier molecular flexibility index (Phi) is 5.28. The fourth-order valence-corrected chi connectivity index (χ4v) is 4.61. The first-order valence-electron chi connectivity index (χ1n) is 6.79. The Balaban J connectivity index is 2.30. The summed E-state index contributed by atoms with van der Waals surface area (Å²) in [5, 5.41) is 2.17. The lowest BCUT2D eigenvalue weighted by Crippen LogP contribution is -2.21. The molecule has 2 aromatic rings. The molecule has 1 unspecified atom stereocenters. The van der Waals surface area contributed by atoms with Gasteiger partial charge in [-0.1, -0.05) is 24.6 Å². The lowest BCUT2D eigenvalue weighted by atomic mass is 10.0. The summed E-state index contributed by atoms with van der Waals surface area (Å²) in [6.07, 6.45) is 0.499. The minimum atomic E-state index is -3.81. The van der Waals surface area contributed by atoms with Gasteiger partial charge in [0.25, 0.3) is 10.0 Å². The molecule has 0 aliphatic rings. The van der Waals surface area contributed by atoms with E-state index in [0.29, 0.717) is 22.7 Å². The van der Waals surface area contributed by atoms with Gasteiger partial charge >= 0.3 is 0 Å². The van der Waals surface area contributed by atoms with Crippen LogP contribution in [0.5, 0.6) is 0 Å². The standard InChI is InChI=1S/C14H16ClN3O3S2/c1-3-9(13(16)19)11-7-22-14(17-11)18-23(20,21)12-6-4-5-10(15)8(12)2/h4-7,9H,3H2,1-2H3,(H2,16,19)(H,17,18). The maximum absolute atomic E-state index is 12.5. The minimum absolute atomic E-state index is 0.0868. The van der Waals surface area contributed by atoms with Crippen LogP contribution in [-0.4, -0.2) is 19.3 Å². The number of anilines is 1. The van der Waals surface area contributed by atoms with Crippen molar-refractivity contribution in [3.05, 3.63) is 39.9 Å². The van der Waals surface area contributed by atoms with Crippen molar-refractivity contribution in [1.29, 1.82) is 0 Å². The second-order valence-corrected chi connectivity index (χ2v) is 7.83. The Morgan fingerprint density at radius 1 is 1.48 bits per heavy atom. The van der Waals surface area contributed by atoms with Crippen molar-refractivity contribution < 1.29 is 13.2 Å². The van der Waals surface area contributed by atoms with Crippen LogP contribution in [0.3, 0.4) is 0 Å². The number of benzene rings is 1. The molecule has 1 aromatic heterocycles. The van der Waals surface area contributed by atoms with Crippen molar-refractivity contribution >= 4 is 44.0 Å². The van der Waals surface area contributed by atoms with Gasteiger partial charge in [-0.3, -0.25) is 9.52 Å². The van der Waals surface area contributed by atoms with Gasteiger partial charge < -0.3 is 5.73 Å². The molecule has 0 radical (unpaired) electrons. The van der Waals surface area contributed by atoms with Crippen LogP contribution in [-0.2, 0) is 14.8 Å². The normalized spacial score (nSPS) is 12.8. The Bertz CT molecular complexity index is 834. The van der Waals surface area contributed by atoms with E-state index in [2.05, 4.69) is 9.71 Å². The lowest BCUT2D eigenvalue weighted by Gasteiger charge is -2.09. The van der Waals surface area contributed by atoms with E-state index >= 15 is 0 Å². The Morgan fingerprint density at radius 2 is 2.17 bits per heavy atom. The molecule has 3 N–H and O–H groups in total. The van der Waals surface area contributed by atoms with E-state index in [9.17, 15) is 13.2 Å². The molecule has 1 amide bonds. The summed E-state index contributed by atoms with van der Waals surface area (Å²) in [4.78, 5) is 15.6. The van der Waals surface area contributed by atoms with Gasteiger partial charge in [-0.15, -0.1) is 11.3 Å². The second-order valence-electron chi connectivity index (χ2n) is 4.91. The van der Waals surface area contributed by atoms with E-state index in [0.717, 1.165) is 11.3 Å². The molecule has 0 spiro atoms. The quantitative estimate of drug-likeness (QED) is 0.812. The van der Waals surface area contributed by atoms with E-state index in [1.165, 1.54) is 6.07 Å². The number of nitrogens with one attached hydrogen (secondary N) is 1. The van der Waals surface area contributed by atoms with Gasteiger partial charge in [-0.25, -0.2) is 13.4 Å². The highest BCUT2D eigenvalue weighted by Gasteiger charge is 2.22. The maximum Gasteiger partial charge on any atom is 0.263 e. The topological polar surface area (TPSA) is 102 Å². The third kappa shape index (κ3) is 3.82. The number of aromatic nitrogens is 1. The number of hydrogen-bond donors (Lipinski definition) is 2. The van der Waals surface area contributed by atoms with Crippen LogP contribution in [0.1, 0.15) is 30.5 Å². The molecule has 1 atom stereocenters. The molecule has 0 aliphatic carbocycles. The van der Waals surface area contributed by atoms with Gasteiger partial charge in [-0.2, -0.15) is 0 Å². The second kappa shape index (κ2) is 6.86. The molecule has 0 saturated carbocycles. The average molecular weight is 374 g/mol. The van der Waals surface area contributed by atoms with Gasteiger partial charge in [0.15, 0.2) is 5.13 Å². The van der Waals surface area contributed by atoms with Crippen molar-refractivity contribution in [2.75, 3.05) is 4.72 Å². The Morgan fingerprint density at radius 3 is 2.78 bits per heavy atom. The minimum Gasteiger partial charge on any atom is -0.369 e. The smallest absolute Gasteiger partial charge is 0.263 e. The van der Waals surface area contributed by atoms with E-state index < -0.39 is 21.8 Å². The van der Waals surface area contributed by atoms with Gasteiger partial charge in [0.2, 0.25) is 5.91 Å². The average Bonchev–Trinajstić information content (AvgIpc) is 2.89. The number of carbonyl (C=O) groups excluding carboxylic acids is 1. The van der Waals surface area contributed by atoms with Gasteiger partial charge in [0.05, 0.1) is 16.5 Å². The van der Waals surface area contributed by atoms with Crippen LogP contribution in [0.25, 0.3) is 0 Å². The summed E-state index contributed by atoms with van der Waals surface area (Å²) in [6.45, 7) is 3.44. The number of carbonyl (C=O) groups is 1. The number of sulfonamides is 1. The molecule has 9 heteroatoms. The van der Waals surface area contributed by atoms with E-state index in [1.54, 1.807) is 24.4 Å². The highest BCUT2D eigenvalue weighted by molar-refractivity contribution is 7.93. The van der Waals surface area contributed by atoms with E-state index in [4.69, 9.17) is 17.3 Å². The molecule has 1 heterocycles. The van der Waals surface area contributed by atoms with E-state index in [1.807, 2.05) is 6.92 Å². The fourth-order valence-electron chi connectivity index (χ4n) is 2.10. The van der Waals surface area contributed by atoms with Crippen LogP contribution in [0.2, 0.25) is 5.02 Å². The van der Waals surface area contributed by atoms with Crippen molar-refractivity contribution in [2.45, 2.75) is 31.1 Å². The monoisotopic (exact) mass is 373 g/mol. The SMILES string of the molecule is CCC(C(N)=O)c1csc(NS(=O)(=O)c2cccc(Cl)c2C)n1. The van der Waals surface area contributed by atoms with E-state index in [-0.39, 0.29) is 10.0 Å². The largest absolute Gasteiger partial charge is 0.369 e. The number of primary amides is 1. The molecule has 6 nitrogen and oxygen atoms in total. The summed E-state index contributed by atoms with van der Waals surface area (Å²) in [5.41, 5.74) is 6.24. The molecule has 124 valence electrons. The predicted octanol–water partition coefficient (Wildman–Crippen LogP) is 2.88. The molecule has 0 bridgehead atoms. The zero-order chi connectivity index (χ0) is 17.2. The molecule has 2 rings (SSSR count). The number of amides is 1. The van der Waals surface area contributed by atoms with Gasteiger partial charge in [0, 0.05) is 10.4 Å². The van der Waals surface area contributed by atoms with Gasteiger partial charge in [0.1, 0.15) is 0 Å². The zero-order valence-electron chi connectivity index (χ0n) is 12.5. The van der Waals surface area contributed by atoms with Gasteiger partial charge in [-0.05, 0) is 31.0 Å². The molecule has 23 heavy (non-hydrogen) atoms. The Labute approximate surface area is 143 Å². The zero-order valence-corrected chi connectivity index (χ0v) is 14.9. The molecule has 0 fully saturated rings. The lowest BCUT2D eigenvalue weighted by molar-refractivity contribution is -0.119. The van der Waals surface area contributed by atoms with Crippen molar-refractivity contribution in [3.63, 3.8) is 0 Å². The third-order valence-electron chi connectivity index (χ3n) is 3.36. The van der Waals surface area contributed by atoms with Crippen LogP contribution in [0.4, 0.5) is 5.13 Å². The first kappa shape index (κ1) is 17.7. The van der Waals surface area contributed by atoms with Crippen molar-refractivity contribution in [3.8, 4) is 0 Å². The number of halogens is 1. The molecule has 0 saturated heterocycles.